The zero-order chi connectivity index (χ0) is 48.0. The number of carbonyl (C=O) groups is 2. The Morgan fingerprint density at radius 3 is 1.41 bits per heavy atom. The van der Waals surface area contributed by atoms with Crippen molar-refractivity contribution in [3.05, 3.63) is 24.3 Å². The van der Waals surface area contributed by atoms with Crippen molar-refractivity contribution in [1.82, 2.24) is 4.90 Å². The molecule has 0 aromatic heterocycles. The van der Waals surface area contributed by atoms with E-state index in [2.05, 4.69) is 94.2 Å². The van der Waals surface area contributed by atoms with E-state index < -0.39 is 11.2 Å². The molecule has 0 aliphatic heterocycles. The summed E-state index contributed by atoms with van der Waals surface area (Å²) in [6.07, 6.45) is 13.9. The first-order chi connectivity index (χ1) is 29.2. The van der Waals surface area contributed by atoms with E-state index in [1.165, 1.54) is 19.8 Å². The fraction of sp³-hybridized carbons (Fsp3) is 0.865. The van der Waals surface area contributed by atoms with Gasteiger partial charge in [-0.3, -0.25) is 4.90 Å². The first-order valence-electron chi connectivity index (χ1n) is 24.1. The molecule has 4 unspecified atom stereocenters. The van der Waals surface area contributed by atoms with Crippen LogP contribution in [0.5, 0.6) is 0 Å². The Hall–Kier alpha value is -2.00. The molecule has 8 bridgehead atoms. The van der Waals surface area contributed by atoms with Gasteiger partial charge in [-0.2, -0.15) is 5.26 Å². The van der Waals surface area contributed by atoms with Crippen molar-refractivity contribution in [1.29, 1.82) is 5.26 Å². The second-order valence-corrected chi connectivity index (χ2v) is 22.6. The maximum absolute atomic E-state index is 12.1. The van der Waals surface area contributed by atoms with Crippen molar-refractivity contribution in [3.63, 3.8) is 0 Å². The highest BCUT2D eigenvalue weighted by Crippen LogP contribution is 2.61. The van der Waals surface area contributed by atoms with Gasteiger partial charge in [-0.15, -0.1) is 0 Å². The van der Waals surface area contributed by atoms with E-state index >= 15 is 0 Å². The maximum Gasteiger partial charge on any atom is 0.333 e. The smallest absolute Gasteiger partial charge is 0.333 e. The standard InChI is InChI=1S/C21H34O4.C14H20O3.C8H19N.C7H15ClO.C2H3N/c1-6-19(4,5)13-23-14-24-20-8-16-7-17(9-20)11-21(10-16,12-20)25-18(22)15(2)3;1-9(2)12(15)17-14-6-10-3-11(7-14)5-13(16,4-10)8-14;1-6-9(7(2)3)8(4)5;1-4-7(2,3)5-9-6-8;1-2-3/h16-17H,2,6-14H2,1,3-5H3;10-11,16H,1,3-8H2,2H3;7-8H,6H2,1-5H3;4-6H2,1-3H3;1H3. The summed E-state index contributed by atoms with van der Waals surface area (Å²) < 4.78 is 28.8. The van der Waals surface area contributed by atoms with Gasteiger partial charge in [0.2, 0.25) is 0 Å². The van der Waals surface area contributed by atoms with Crippen molar-refractivity contribution < 1.29 is 38.4 Å². The second-order valence-electron chi connectivity index (χ2n) is 22.4. The summed E-state index contributed by atoms with van der Waals surface area (Å²) in [6.45, 7) is 39.4. The molecule has 8 aliphatic carbocycles. The number of halogens is 1. The first kappa shape index (κ1) is 57.1. The quantitative estimate of drug-likeness (QED) is 0.0495. The van der Waals surface area contributed by atoms with Gasteiger partial charge < -0.3 is 28.8 Å². The molecule has 1 N–H and O–H groups in total. The lowest BCUT2D eigenvalue weighted by Gasteiger charge is -2.60. The predicted octanol–water partition coefficient (Wildman–Crippen LogP) is 12.1. The van der Waals surface area contributed by atoms with E-state index in [9.17, 15) is 14.7 Å². The molecule has 8 rings (SSSR count). The highest BCUT2D eigenvalue weighted by Gasteiger charge is 2.61. The van der Waals surface area contributed by atoms with Gasteiger partial charge in [0.1, 0.15) is 24.1 Å². The van der Waals surface area contributed by atoms with Gasteiger partial charge in [0, 0.05) is 43.0 Å². The van der Waals surface area contributed by atoms with Crippen LogP contribution >= 0.6 is 11.6 Å². The molecule has 0 amide bonds. The fourth-order valence-electron chi connectivity index (χ4n) is 11.5. The monoisotopic (exact) mass is 907 g/mol. The van der Waals surface area contributed by atoms with Crippen LogP contribution in [0, 0.1) is 45.8 Å². The maximum atomic E-state index is 12.1. The summed E-state index contributed by atoms with van der Waals surface area (Å²) >= 11 is 5.34. The van der Waals surface area contributed by atoms with E-state index in [0.29, 0.717) is 72.8 Å². The van der Waals surface area contributed by atoms with Gasteiger partial charge in [-0.05, 0) is 160 Å². The SMILES string of the molecule is C=C(C)C(=O)OC12CC3CC(CC(O)(C3)C1)C2.C=C(C)C(=O)OC12CC3CC(CC(OCOCC(C)(C)CC)(C3)C1)C2.CC#N.CCC(C)(C)COCCl.CCN(C(C)C)C(C)C. The summed E-state index contributed by atoms with van der Waals surface area (Å²) in [4.78, 5) is 26.3. The van der Waals surface area contributed by atoms with Crippen LogP contribution in [0.3, 0.4) is 0 Å². The van der Waals surface area contributed by atoms with E-state index in [4.69, 9.17) is 40.5 Å². The molecule has 0 aromatic carbocycles. The average Bonchev–Trinajstić information content (AvgIpc) is 3.15. The molecule has 8 fully saturated rings. The van der Waals surface area contributed by atoms with Crippen molar-refractivity contribution in [2.75, 3.05) is 32.6 Å². The number of rotatable bonds is 17. The van der Waals surface area contributed by atoms with E-state index in [1.54, 1.807) is 19.9 Å². The molecule has 11 heteroatoms. The third kappa shape index (κ3) is 18.0. The number of nitrogens with zero attached hydrogens (tertiary/aromatic N) is 2. The lowest BCUT2D eigenvalue weighted by molar-refractivity contribution is -0.255. The largest absolute Gasteiger partial charge is 0.456 e. The molecule has 63 heavy (non-hydrogen) atoms. The van der Waals surface area contributed by atoms with Crippen molar-refractivity contribution in [2.24, 2.45) is 34.5 Å². The van der Waals surface area contributed by atoms with Gasteiger partial charge >= 0.3 is 11.9 Å². The third-order valence-corrected chi connectivity index (χ3v) is 14.5. The topological polar surface area (TPSA) is 128 Å². The van der Waals surface area contributed by atoms with E-state index in [1.807, 2.05) is 0 Å². The Balaban J connectivity index is 0.000000310. The molecule has 8 saturated carbocycles. The van der Waals surface area contributed by atoms with Gasteiger partial charge in [-0.25, -0.2) is 9.59 Å². The van der Waals surface area contributed by atoms with Gasteiger partial charge in [0.25, 0.3) is 0 Å². The number of aliphatic hydroxyl groups is 1. The molecule has 0 heterocycles. The average molecular weight is 908 g/mol. The molecule has 364 valence electrons. The summed E-state index contributed by atoms with van der Waals surface area (Å²) in [5.41, 5.74) is -0.0752. The summed E-state index contributed by atoms with van der Waals surface area (Å²) in [5, 5.41) is 17.8. The molecule has 8 aliphatic rings. The minimum absolute atomic E-state index is 0.171. The summed E-state index contributed by atoms with van der Waals surface area (Å²) in [6, 6.07) is 3.44. The number of alkyl halides is 1. The molecule has 4 atom stereocenters. The molecule has 0 radical (unpaired) electrons. The zero-order valence-electron chi connectivity index (χ0n) is 42.4. The minimum Gasteiger partial charge on any atom is -0.456 e. The van der Waals surface area contributed by atoms with Crippen LogP contribution in [0.2, 0.25) is 0 Å². The van der Waals surface area contributed by atoms with Gasteiger partial charge in [-0.1, -0.05) is 73.2 Å². The van der Waals surface area contributed by atoms with Crippen LogP contribution in [0.15, 0.2) is 24.3 Å². The molecular formula is C52H91ClN2O8. The molecule has 0 aromatic rings. The van der Waals surface area contributed by atoms with Crippen LogP contribution in [-0.4, -0.2) is 89.1 Å². The number of hydrogen-bond donors (Lipinski definition) is 1. The van der Waals surface area contributed by atoms with Crippen LogP contribution in [0.25, 0.3) is 0 Å². The Morgan fingerprint density at radius 1 is 0.730 bits per heavy atom. The van der Waals surface area contributed by atoms with Crippen LogP contribution in [0.1, 0.15) is 187 Å². The lowest BCUT2D eigenvalue weighted by atomic mass is 9.52. The van der Waals surface area contributed by atoms with Gasteiger partial charge in [0.05, 0.1) is 30.5 Å². The highest BCUT2D eigenvalue weighted by molar-refractivity contribution is 6.17. The Kier molecular flexibility index (Phi) is 22.4. The fourth-order valence-corrected chi connectivity index (χ4v) is 11.6. The molecule has 10 nitrogen and oxygen atoms in total. The number of ether oxygens (including phenoxy) is 5. The van der Waals surface area contributed by atoms with E-state index in [0.717, 1.165) is 83.8 Å². The zero-order valence-corrected chi connectivity index (χ0v) is 43.1. The first-order valence-corrected chi connectivity index (χ1v) is 24.6. The van der Waals surface area contributed by atoms with E-state index in [-0.39, 0.29) is 34.0 Å². The number of carbonyl (C=O) groups excluding carboxylic acids is 2. The number of nitriles is 1. The summed E-state index contributed by atoms with van der Waals surface area (Å²) in [5.74, 6) is 1.74. The van der Waals surface area contributed by atoms with Crippen molar-refractivity contribution in [3.8, 4) is 6.07 Å². The van der Waals surface area contributed by atoms with Crippen molar-refractivity contribution in [2.45, 2.75) is 221 Å². The third-order valence-electron chi connectivity index (χ3n) is 14.4. The number of esters is 2. The van der Waals surface area contributed by atoms with Crippen LogP contribution < -0.4 is 0 Å². The van der Waals surface area contributed by atoms with Gasteiger partial charge in [0.15, 0.2) is 0 Å². The Labute approximate surface area is 389 Å². The summed E-state index contributed by atoms with van der Waals surface area (Å²) in [7, 11) is 0. The molecule has 0 spiro atoms. The normalized spacial score (nSPS) is 30.7. The van der Waals surface area contributed by atoms with Crippen molar-refractivity contribution >= 4 is 23.5 Å². The van der Waals surface area contributed by atoms with Crippen LogP contribution in [0.4, 0.5) is 0 Å². The number of hydrogen-bond acceptors (Lipinski definition) is 10. The Bertz CT molecular complexity index is 1480. The minimum atomic E-state index is -0.570. The molecule has 0 saturated heterocycles. The highest BCUT2D eigenvalue weighted by atomic mass is 35.5. The molecular weight excluding hydrogens is 816 g/mol. The lowest BCUT2D eigenvalue weighted by Crippen LogP contribution is -2.61. The predicted molar refractivity (Wildman–Crippen MR) is 255 cm³/mol. The second kappa shape index (κ2) is 24.7. The van der Waals surface area contributed by atoms with Crippen LogP contribution in [-0.2, 0) is 33.3 Å². The Morgan fingerprint density at radius 2 is 1.10 bits per heavy atom.